The highest BCUT2D eigenvalue weighted by molar-refractivity contribution is 6.46. The molecule has 0 radical (unpaired) electrons. The first-order valence-electron chi connectivity index (χ1n) is 11.1. The van der Waals surface area contributed by atoms with Crippen molar-refractivity contribution in [3.63, 3.8) is 0 Å². The van der Waals surface area contributed by atoms with Gasteiger partial charge in [0, 0.05) is 16.1 Å². The van der Waals surface area contributed by atoms with Gasteiger partial charge in [-0.15, -0.1) is 0 Å². The summed E-state index contributed by atoms with van der Waals surface area (Å²) in [5, 5.41) is 5.82. The van der Waals surface area contributed by atoms with E-state index in [0.29, 0.717) is 21.8 Å². The maximum atomic E-state index is 13.7. The van der Waals surface area contributed by atoms with Crippen LogP contribution in [0.5, 0.6) is 0 Å². The van der Waals surface area contributed by atoms with Crippen molar-refractivity contribution in [3.8, 4) is 0 Å². The van der Waals surface area contributed by atoms with E-state index in [1.165, 1.54) is 4.90 Å². The number of imide groups is 1. The molecule has 0 aliphatic carbocycles. The average molecular weight is 467 g/mol. The number of aryl methyl sites for hydroxylation is 3. The average Bonchev–Trinajstić information content (AvgIpc) is 3.07. The highest BCUT2D eigenvalue weighted by Gasteiger charge is 2.40. The van der Waals surface area contributed by atoms with E-state index in [9.17, 15) is 9.59 Å². The fourth-order valence-electron chi connectivity index (χ4n) is 4.23. The molecule has 0 atom stereocenters. The van der Waals surface area contributed by atoms with E-state index < -0.39 is 5.91 Å². The molecule has 0 spiro atoms. The molecule has 1 aliphatic heterocycles. The van der Waals surface area contributed by atoms with Crippen LogP contribution in [0, 0.1) is 20.8 Å². The van der Waals surface area contributed by atoms with Gasteiger partial charge in [-0.2, -0.15) is 0 Å². The lowest BCUT2D eigenvalue weighted by atomic mass is 9.99. The van der Waals surface area contributed by atoms with Gasteiger partial charge in [0.1, 0.15) is 5.70 Å². The Morgan fingerprint density at radius 3 is 2.24 bits per heavy atom. The van der Waals surface area contributed by atoms with Crippen molar-refractivity contribution in [1.29, 1.82) is 0 Å². The van der Waals surface area contributed by atoms with Gasteiger partial charge in [-0.3, -0.25) is 9.59 Å². The van der Waals surface area contributed by atoms with E-state index in [0.717, 1.165) is 33.2 Å². The molecule has 1 N–H and O–H groups in total. The summed E-state index contributed by atoms with van der Waals surface area (Å²) in [7, 11) is 0. The molecule has 4 aromatic rings. The van der Waals surface area contributed by atoms with Gasteiger partial charge in [-0.05, 0) is 66.6 Å². The maximum Gasteiger partial charge on any atom is 0.282 e. The molecule has 0 saturated heterocycles. The first-order valence-corrected chi connectivity index (χ1v) is 11.4. The number of carbonyl (C=O) groups excluding carboxylic acids is 2. The lowest BCUT2D eigenvalue weighted by molar-refractivity contribution is -0.120. The highest BCUT2D eigenvalue weighted by Crippen LogP contribution is 2.36. The van der Waals surface area contributed by atoms with E-state index in [-0.39, 0.29) is 11.6 Å². The molecule has 1 heterocycles. The van der Waals surface area contributed by atoms with E-state index in [1.54, 1.807) is 12.1 Å². The molecule has 0 saturated carbocycles. The van der Waals surface area contributed by atoms with Crippen molar-refractivity contribution in [2.24, 2.45) is 0 Å². The third-order valence-corrected chi connectivity index (χ3v) is 6.75. The Morgan fingerprint density at radius 1 is 0.735 bits per heavy atom. The quantitative estimate of drug-likeness (QED) is 0.336. The SMILES string of the molecule is Cc1ccc(C2=C(Nc3cccc4ccccc34)C(=O)N(c3ccc(C)c(Cl)c3)C2=O)cc1C. The Labute approximate surface area is 203 Å². The molecule has 168 valence electrons. The third kappa shape index (κ3) is 3.66. The Morgan fingerprint density at radius 2 is 1.47 bits per heavy atom. The van der Waals surface area contributed by atoms with E-state index in [4.69, 9.17) is 11.6 Å². The summed E-state index contributed by atoms with van der Waals surface area (Å²) in [6.07, 6.45) is 0. The Hall–Kier alpha value is -3.89. The van der Waals surface area contributed by atoms with Crippen molar-refractivity contribution in [1.82, 2.24) is 0 Å². The lowest BCUT2D eigenvalue weighted by Gasteiger charge is -2.16. The van der Waals surface area contributed by atoms with Crippen LogP contribution in [0.15, 0.2) is 84.6 Å². The van der Waals surface area contributed by atoms with Crippen LogP contribution >= 0.6 is 11.6 Å². The van der Waals surface area contributed by atoms with Crippen LogP contribution in [0.4, 0.5) is 11.4 Å². The van der Waals surface area contributed by atoms with Crippen molar-refractivity contribution >= 4 is 51.1 Å². The van der Waals surface area contributed by atoms with Crippen molar-refractivity contribution < 1.29 is 9.59 Å². The summed E-state index contributed by atoms with van der Waals surface area (Å²) in [6, 6.07) is 24.8. The molecule has 0 bridgehead atoms. The van der Waals surface area contributed by atoms with Crippen molar-refractivity contribution in [3.05, 3.63) is 112 Å². The smallest absolute Gasteiger partial charge is 0.282 e. The number of benzene rings is 4. The zero-order valence-corrected chi connectivity index (χ0v) is 19.9. The largest absolute Gasteiger partial charge is 0.350 e. The van der Waals surface area contributed by atoms with Gasteiger partial charge in [-0.1, -0.05) is 72.3 Å². The summed E-state index contributed by atoms with van der Waals surface area (Å²) < 4.78 is 0. The first-order chi connectivity index (χ1) is 16.3. The van der Waals surface area contributed by atoms with E-state index >= 15 is 0 Å². The number of halogens is 1. The van der Waals surface area contributed by atoms with Crippen LogP contribution in [0.2, 0.25) is 5.02 Å². The number of rotatable bonds is 4. The van der Waals surface area contributed by atoms with Gasteiger partial charge in [0.2, 0.25) is 0 Å². The Bertz CT molecular complexity index is 1510. The Balaban J connectivity index is 1.68. The van der Waals surface area contributed by atoms with Gasteiger partial charge in [0.05, 0.1) is 11.3 Å². The number of fused-ring (bicyclic) bond motifs is 1. The summed E-state index contributed by atoms with van der Waals surface area (Å²) in [5.41, 5.74) is 5.55. The number of nitrogens with zero attached hydrogens (tertiary/aromatic N) is 1. The standard InChI is InChI=1S/C29H23ClN2O2/c1-17-11-13-21(15-19(17)3)26-27(31-25-10-6-8-20-7-4-5-9-23(20)25)29(34)32(28(26)33)22-14-12-18(2)24(30)16-22/h4-16,31H,1-3H3. The van der Waals surface area contributed by atoms with Gasteiger partial charge in [0.25, 0.3) is 11.8 Å². The minimum atomic E-state index is -0.411. The summed E-state index contributed by atoms with van der Waals surface area (Å²) in [5.74, 6) is -0.790. The minimum absolute atomic E-state index is 0.251. The van der Waals surface area contributed by atoms with Gasteiger partial charge in [0.15, 0.2) is 0 Å². The topological polar surface area (TPSA) is 49.4 Å². The summed E-state index contributed by atoms with van der Waals surface area (Å²) in [6.45, 7) is 5.90. The van der Waals surface area contributed by atoms with Crippen molar-refractivity contribution in [2.45, 2.75) is 20.8 Å². The molecule has 34 heavy (non-hydrogen) atoms. The number of amides is 2. The van der Waals surface area contributed by atoms with Crippen molar-refractivity contribution in [2.75, 3.05) is 10.2 Å². The van der Waals surface area contributed by atoms with Crippen LogP contribution in [0.3, 0.4) is 0 Å². The second kappa shape index (κ2) is 8.47. The number of carbonyl (C=O) groups is 2. The normalized spacial score (nSPS) is 13.8. The van der Waals surface area contributed by atoms with Gasteiger partial charge < -0.3 is 5.32 Å². The molecule has 0 fully saturated rings. The zero-order chi connectivity index (χ0) is 24.0. The third-order valence-electron chi connectivity index (χ3n) is 6.34. The van der Waals surface area contributed by atoms with Crippen LogP contribution in [0.25, 0.3) is 16.3 Å². The molecule has 5 heteroatoms. The minimum Gasteiger partial charge on any atom is -0.350 e. The number of hydrogen-bond acceptors (Lipinski definition) is 3. The molecule has 1 aliphatic rings. The first kappa shape index (κ1) is 21.9. The summed E-state index contributed by atoms with van der Waals surface area (Å²) in [4.78, 5) is 28.7. The fraction of sp³-hybridized carbons (Fsp3) is 0.103. The lowest BCUT2D eigenvalue weighted by Crippen LogP contribution is -2.32. The van der Waals surface area contributed by atoms with Crippen LogP contribution < -0.4 is 10.2 Å². The second-order valence-corrected chi connectivity index (χ2v) is 8.99. The molecule has 0 unspecified atom stereocenters. The number of anilines is 2. The Kier molecular flexibility index (Phi) is 5.46. The number of nitrogens with one attached hydrogen (secondary N) is 1. The molecule has 0 aromatic heterocycles. The zero-order valence-electron chi connectivity index (χ0n) is 19.1. The van der Waals surface area contributed by atoms with Crippen LogP contribution in [-0.4, -0.2) is 11.8 Å². The molecular weight excluding hydrogens is 444 g/mol. The maximum absolute atomic E-state index is 13.7. The molecule has 5 rings (SSSR count). The van der Waals surface area contributed by atoms with Gasteiger partial charge in [-0.25, -0.2) is 4.90 Å². The number of hydrogen-bond donors (Lipinski definition) is 1. The molecule has 4 nitrogen and oxygen atoms in total. The molecule has 4 aromatic carbocycles. The van der Waals surface area contributed by atoms with Crippen LogP contribution in [-0.2, 0) is 9.59 Å². The van der Waals surface area contributed by atoms with Crippen LogP contribution in [0.1, 0.15) is 22.3 Å². The van der Waals surface area contributed by atoms with E-state index in [2.05, 4.69) is 5.32 Å². The van der Waals surface area contributed by atoms with E-state index in [1.807, 2.05) is 87.5 Å². The molecule has 2 amide bonds. The van der Waals surface area contributed by atoms with Gasteiger partial charge >= 0.3 is 0 Å². The highest BCUT2D eigenvalue weighted by atomic mass is 35.5. The predicted molar refractivity (Wildman–Crippen MR) is 139 cm³/mol. The predicted octanol–water partition coefficient (Wildman–Crippen LogP) is 6.82. The fourth-order valence-corrected chi connectivity index (χ4v) is 4.41. The summed E-state index contributed by atoms with van der Waals surface area (Å²) >= 11 is 6.33. The molecular formula is C29H23ClN2O2. The monoisotopic (exact) mass is 466 g/mol. The second-order valence-electron chi connectivity index (χ2n) is 8.58.